The standard InChI is InChI=1S/C22H18N2.2C10H22O3S.4H2O/c1-3-7-21(8-4-1)23-15-11-19(12-16-23)20-13-17-24(18-14-20)22-9-5-2-6-10-22;2*1-2-3-4-5-6-7-8-9-10-14(11,12)13;;;;/h1-18H;2*2-10H2,1H3,(H,11,12,13);4*1H2/q+2;;;;;;/p-2. The van der Waals surface area contributed by atoms with Gasteiger partial charge < -0.3 is 31.0 Å². The number of aromatic nitrogens is 2. The predicted molar refractivity (Wildman–Crippen MR) is 224 cm³/mol. The van der Waals surface area contributed by atoms with Gasteiger partial charge in [0.2, 0.25) is 11.4 Å². The van der Waals surface area contributed by atoms with Crippen LogP contribution in [0.2, 0.25) is 0 Å². The van der Waals surface area contributed by atoms with E-state index in [2.05, 4.69) is 121 Å². The van der Waals surface area contributed by atoms with Gasteiger partial charge in [0.05, 0.1) is 20.2 Å². The third-order valence-electron chi connectivity index (χ3n) is 8.60. The third-order valence-corrected chi connectivity index (χ3v) is 10.2. The first-order valence-electron chi connectivity index (χ1n) is 19.0. The molecule has 2 heterocycles. The molecule has 0 unspecified atom stereocenters. The van der Waals surface area contributed by atoms with Gasteiger partial charge in [-0.05, 0) is 24.0 Å². The molecule has 318 valence electrons. The summed E-state index contributed by atoms with van der Waals surface area (Å²) in [4.78, 5) is 0. The number of nitrogens with zero attached hydrogens (tertiary/aromatic N) is 2. The monoisotopic (exact) mass is 824 g/mol. The Bertz CT molecular complexity index is 1570. The van der Waals surface area contributed by atoms with Gasteiger partial charge in [0.25, 0.3) is 0 Å². The van der Waals surface area contributed by atoms with Crippen LogP contribution in [0, 0.1) is 0 Å². The van der Waals surface area contributed by atoms with E-state index in [0.29, 0.717) is 12.8 Å². The quantitative estimate of drug-likeness (QED) is 0.0557. The molecular formula is C42H68N2O10S2. The summed E-state index contributed by atoms with van der Waals surface area (Å²) in [5, 5.41) is 0. The SMILES string of the molecule is CCCCCCCCCCS(=O)(=O)[O-].CCCCCCCCCCS(=O)(=O)[O-].O.O.O.O.c1ccc(-[n+]2ccc(-c3cc[n+](-c4ccccc4)cc3)cc2)cc1. The Morgan fingerprint density at radius 3 is 0.893 bits per heavy atom. The molecule has 8 N–H and O–H groups in total. The Morgan fingerprint density at radius 1 is 0.393 bits per heavy atom. The van der Waals surface area contributed by atoms with Crippen molar-refractivity contribution in [1.29, 1.82) is 0 Å². The third kappa shape index (κ3) is 27.9. The van der Waals surface area contributed by atoms with Crippen molar-refractivity contribution >= 4 is 20.2 Å². The number of hydrogen-bond acceptors (Lipinski definition) is 6. The van der Waals surface area contributed by atoms with Crippen LogP contribution in [-0.2, 0) is 20.2 Å². The summed E-state index contributed by atoms with van der Waals surface area (Å²) in [5.41, 5.74) is 4.75. The van der Waals surface area contributed by atoms with E-state index in [-0.39, 0.29) is 33.4 Å². The fourth-order valence-electron chi connectivity index (χ4n) is 5.61. The molecule has 4 aromatic rings. The van der Waals surface area contributed by atoms with Crippen molar-refractivity contribution in [3.8, 4) is 22.5 Å². The zero-order valence-corrected chi connectivity index (χ0v) is 34.9. The molecule has 4 rings (SSSR count). The molecule has 0 spiro atoms. The number of hydrogen-bond donors (Lipinski definition) is 0. The minimum Gasteiger partial charge on any atom is -0.748 e. The largest absolute Gasteiger partial charge is 0.748 e. The van der Waals surface area contributed by atoms with Crippen LogP contribution >= 0.6 is 0 Å². The van der Waals surface area contributed by atoms with E-state index >= 15 is 0 Å². The van der Waals surface area contributed by atoms with Crippen molar-refractivity contribution in [3.63, 3.8) is 0 Å². The summed E-state index contributed by atoms with van der Waals surface area (Å²) >= 11 is 0. The van der Waals surface area contributed by atoms with Gasteiger partial charge in [-0.3, -0.25) is 0 Å². The molecule has 0 saturated heterocycles. The molecule has 0 aliphatic rings. The second-order valence-corrected chi connectivity index (χ2v) is 16.2. The van der Waals surface area contributed by atoms with Crippen LogP contribution in [0.3, 0.4) is 0 Å². The minimum atomic E-state index is -3.98. The van der Waals surface area contributed by atoms with Gasteiger partial charge in [-0.1, -0.05) is 140 Å². The summed E-state index contributed by atoms with van der Waals surface area (Å²) in [6.45, 7) is 4.36. The van der Waals surface area contributed by atoms with Crippen molar-refractivity contribution in [2.75, 3.05) is 11.5 Å². The molecule has 0 radical (unpaired) electrons. The van der Waals surface area contributed by atoms with Crippen LogP contribution in [0.4, 0.5) is 0 Å². The van der Waals surface area contributed by atoms with Crippen molar-refractivity contribution < 1.29 is 57.0 Å². The van der Waals surface area contributed by atoms with Gasteiger partial charge in [0.1, 0.15) is 0 Å². The van der Waals surface area contributed by atoms with Gasteiger partial charge in [-0.2, -0.15) is 9.13 Å². The van der Waals surface area contributed by atoms with Gasteiger partial charge >= 0.3 is 0 Å². The summed E-state index contributed by atoms with van der Waals surface area (Å²) in [6, 6.07) is 29.3. The molecule has 56 heavy (non-hydrogen) atoms. The first kappa shape index (κ1) is 56.7. The van der Waals surface area contributed by atoms with Gasteiger partial charge in [-0.15, -0.1) is 0 Å². The highest BCUT2D eigenvalue weighted by Gasteiger charge is 2.08. The van der Waals surface area contributed by atoms with Crippen LogP contribution < -0.4 is 9.13 Å². The van der Waals surface area contributed by atoms with Crippen LogP contribution in [0.25, 0.3) is 22.5 Å². The number of rotatable bonds is 21. The first-order chi connectivity index (χ1) is 25.0. The number of unbranched alkanes of at least 4 members (excludes halogenated alkanes) is 14. The zero-order valence-electron chi connectivity index (χ0n) is 33.3. The maximum atomic E-state index is 10.2. The van der Waals surface area contributed by atoms with E-state index in [9.17, 15) is 25.9 Å². The molecule has 0 amide bonds. The lowest BCUT2D eigenvalue weighted by Gasteiger charge is -2.05. The highest BCUT2D eigenvalue weighted by Crippen LogP contribution is 2.17. The minimum absolute atomic E-state index is 0. The van der Waals surface area contributed by atoms with Crippen molar-refractivity contribution in [2.45, 2.75) is 117 Å². The van der Waals surface area contributed by atoms with E-state index in [1.54, 1.807) is 0 Å². The molecule has 0 saturated carbocycles. The molecule has 0 bridgehead atoms. The topological polar surface area (TPSA) is 248 Å². The highest BCUT2D eigenvalue weighted by molar-refractivity contribution is 7.85. The maximum Gasteiger partial charge on any atom is 0.210 e. The van der Waals surface area contributed by atoms with Crippen LogP contribution in [-0.4, -0.2) is 59.4 Å². The average Bonchev–Trinajstić information content (AvgIpc) is 3.14. The Kier molecular flexibility index (Phi) is 34.0. The lowest BCUT2D eigenvalue weighted by atomic mass is 10.1. The van der Waals surface area contributed by atoms with E-state index in [4.69, 9.17) is 0 Å². The van der Waals surface area contributed by atoms with Crippen LogP contribution in [0.15, 0.2) is 110 Å². The maximum absolute atomic E-state index is 10.2. The lowest BCUT2D eigenvalue weighted by molar-refractivity contribution is -0.596. The average molecular weight is 825 g/mol. The number of pyridine rings is 2. The van der Waals surface area contributed by atoms with Crippen molar-refractivity contribution in [2.24, 2.45) is 0 Å². The summed E-state index contributed by atoms with van der Waals surface area (Å²) in [7, 11) is -7.95. The van der Waals surface area contributed by atoms with E-state index < -0.39 is 20.2 Å². The molecular weight excluding hydrogens is 757 g/mol. The van der Waals surface area contributed by atoms with Gasteiger partial charge in [0.15, 0.2) is 24.8 Å². The molecule has 0 fully saturated rings. The Labute approximate surface area is 336 Å². The summed E-state index contributed by atoms with van der Waals surface area (Å²) in [6.07, 6.45) is 25.7. The van der Waals surface area contributed by atoms with E-state index in [1.807, 2.05) is 12.1 Å². The van der Waals surface area contributed by atoms with Gasteiger partial charge in [0, 0.05) is 60.0 Å². The fourth-order valence-corrected chi connectivity index (χ4v) is 6.72. The van der Waals surface area contributed by atoms with Gasteiger partial charge in [-0.25, -0.2) is 16.8 Å². The Balaban J connectivity index is -0.000000775. The molecule has 0 atom stereocenters. The van der Waals surface area contributed by atoms with E-state index in [1.165, 1.54) is 86.7 Å². The second kappa shape index (κ2) is 33.5. The number of para-hydroxylation sites is 2. The highest BCUT2D eigenvalue weighted by atomic mass is 32.2. The Hall–Kier alpha value is -3.60. The fraction of sp³-hybridized carbons (Fsp3) is 0.476. The summed E-state index contributed by atoms with van der Waals surface area (Å²) in [5.74, 6) is -0.385. The molecule has 2 aromatic heterocycles. The Morgan fingerprint density at radius 2 is 0.643 bits per heavy atom. The predicted octanol–water partition coefficient (Wildman–Crippen LogP) is 5.95. The second-order valence-electron chi connectivity index (χ2n) is 13.1. The smallest absolute Gasteiger partial charge is 0.210 e. The first-order valence-corrected chi connectivity index (χ1v) is 22.2. The molecule has 0 aliphatic heterocycles. The van der Waals surface area contributed by atoms with Crippen LogP contribution in [0.5, 0.6) is 0 Å². The van der Waals surface area contributed by atoms with Crippen LogP contribution in [0.1, 0.15) is 117 Å². The molecule has 14 heteroatoms. The van der Waals surface area contributed by atoms with Crippen molar-refractivity contribution in [3.05, 3.63) is 110 Å². The van der Waals surface area contributed by atoms with Crippen molar-refractivity contribution in [1.82, 2.24) is 0 Å². The lowest BCUT2D eigenvalue weighted by Crippen LogP contribution is -2.29. The normalized spacial score (nSPS) is 10.4. The molecule has 0 aliphatic carbocycles. The summed E-state index contributed by atoms with van der Waals surface area (Å²) < 4.78 is 65.7. The number of benzene rings is 2. The molecule has 2 aromatic carbocycles. The molecule has 12 nitrogen and oxygen atoms in total. The zero-order chi connectivity index (χ0) is 37.9. The van der Waals surface area contributed by atoms with E-state index in [0.717, 1.165) is 25.7 Å².